The second-order valence-electron chi connectivity index (χ2n) is 3.07. The third-order valence-corrected chi connectivity index (χ3v) is 2.21. The lowest BCUT2D eigenvalue weighted by Gasteiger charge is -2.15. The van der Waals surface area contributed by atoms with Gasteiger partial charge < -0.3 is 0 Å². The summed E-state index contributed by atoms with van der Waals surface area (Å²) in [7, 11) is 0. The fourth-order valence-corrected chi connectivity index (χ4v) is 1.53. The summed E-state index contributed by atoms with van der Waals surface area (Å²) in [5, 5.41) is 0. The van der Waals surface area contributed by atoms with E-state index < -0.39 is 0 Å². The number of rotatable bonds is 0. The van der Waals surface area contributed by atoms with Crippen molar-refractivity contribution >= 4 is 0 Å². The second-order valence-corrected chi connectivity index (χ2v) is 3.07. The maximum absolute atomic E-state index is 2.26. The fraction of sp³-hybridized carbons (Fsp3) is 0.167. The third kappa shape index (κ3) is 1.48. The minimum Gasteiger partial charge on any atom is -0.0836 e. The number of hydrogen-bond acceptors (Lipinski definition) is 0. The van der Waals surface area contributed by atoms with Crippen molar-refractivity contribution < 1.29 is 0 Å². The molecule has 0 bridgehead atoms. The van der Waals surface area contributed by atoms with Gasteiger partial charge in [0.25, 0.3) is 0 Å². The van der Waals surface area contributed by atoms with Crippen molar-refractivity contribution in [2.45, 2.75) is 6.42 Å². The van der Waals surface area contributed by atoms with Gasteiger partial charge in [-0.2, -0.15) is 0 Å². The Balaban J connectivity index is 2.33. The first-order valence-electron chi connectivity index (χ1n) is 4.35. The first kappa shape index (κ1) is 7.35. The third-order valence-electron chi connectivity index (χ3n) is 2.21. The molecule has 0 N–H and O–H groups in total. The van der Waals surface area contributed by atoms with Gasteiger partial charge in [-0.3, -0.25) is 0 Å². The molecule has 2 aliphatic rings. The smallest absolute Gasteiger partial charge is 0.00557 e. The molecule has 0 nitrogen and oxygen atoms in total. The van der Waals surface area contributed by atoms with E-state index in [1.807, 2.05) is 0 Å². The Morgan fingerprint density at radius 1 is 1.00 bits per heavy atom. The van der Waals surface area contributed by atoms with Crippen LogP contribution in [0.15, 0.2) is 60.3 Å². The topological polar surface area (TPSA) is 0 Å². The zero-order valence-corrected chi connectivity index (χ0v) is 6.98. The number of fused-ring (bicyclic) bond motifs is 1. The molecule has 0 heteroatoms. The summed E-state index contributed by atoms with van der Waals surface area (Å²) in [4.78, 5) is 0. The van der Waals surface area contributed by atoms with E-state index in [0.717, 1.165) is 6.42 Å². The van der Waals surface area contributed by atoms with E-state index in [1.165, 1.54) is 5.57 Å². The highest BCUT2D eigenvalue weighted by atomic mass is 14.1. The van der Waals surface area contributed by atoms with Crippen molar-refractivity contribution in [3.8, 4) is 0 Å². The molecule has 2 aliphatic carbocycles. The Morgan fingerprint density at radius 3 is 2.92 bits per heavy atom. The number of allylic oxidation sites excluding steroid dienone is 10. The molecule has 0 amide bonds. The lowest BCUT2D eigenvalue weighted by Crippen LogP contribution is -2.00. The van der Waals surface area contributed by atoms with Crippen LogP contribution in [0.1, 0.15) is 6.42 Å². The van der Waals surface area contributed by atoms with Gasteiger partial charge in [0, 0.05) is 5.92 Å². The van der Waals surface area contributed by atoms with E-state index in [-0.39, 0.29) is 0 Å². The van der Waals surface area contributed by atoms with Gasteiger partial charge in [0.2, 0.25) is 0 Å². The Kier molecular flexibility index (Phi) is 2.08. The number of hydrogen-bond donors (Lipinski definition) is 0. The molecule has 1 atom stereocenters. The standard InChI is InChI=1S/C12H12/c1-2-4-8-12-10-6-5-9-11(12)7-3-1/h1-9,12H,10H2. The molecule has 0 saturated carbocycles. The molecule has 0 aliphatic heterocycles. The lowest BCUT2D eigenvalue weighted by atomic mass is 9.90. The van der Waals surface area contributed by atoms with Crippen molar-refractivity contribution in [1.82, 2.24) is 0 Å². The van der Waals surface area contributed by atoms with Crippen molar-refractivity contribution in [3.63, 3.8) is 0 Å². The Labute approximate surface area is 73.3 Å². The van der Waals surface area contributed by atoms with Gasteiger partial charge in [0.15, 0.2) is 0 Å². The molecule has 0 fully saturated rings. The summed E-state index contributed by atoms with van der Waals surface area (Å²) in [5.41, 5.74) is 1.41. The van der Waals surface area contributed by atoms with Crippen molar-refractivity contribution in [3.05, 3.63) is 60.3 Å². The normalized spacial score (nSPS) is 26.0. The van der Waals surface area contributed by atoms with Gasteiger partial charge in [-0.25, -0.2) is 0 Å². The highest BCUT2D eigenvalue weighted by Gasteiger charge is 2.08. The van der Waals surface area contributed by atoms with E-state index in [0.29, 0.717) is 5.92 Å². The van der Waals surface area contributed by atoms with Crippen LogP contribution in [0.5, 0.6) is 0 Å². The van der Waals surface area contributed by atoms with E-state index in [9.17, 15) is 0 Å². The van der Waals surface area contributed by atoms with Crippen molar-refractivity contribution in [2.75, 3.05) is 0 Å². The maximum Gasteiger partial charge on any atom is 0.00557 e. The zero-order chi connectivity index (χ0) is 8.23. The predicted octanol–water partition coefficient (Wildman–Crippen LogP) is 3.17. The first-order chi connectivity index (χ1) is 5.97. The Bertz CT molecular complexity index is 298. The van der Waals surface area contributed by atoms with Crippen LogP contribution in [0, 0.1) is 5.92 Å². The summed E-state index contributed by atoms with van der Waals surface area (Å²) in [6.45, 7) is 0. The quantitative estimate of drug-likeness (QED) is 0.505. The molecule has 2 rings (SSSR count). The summed E-state index contributed by atoms with van der Waals surface area (Å²) in [6.07, 6.45) is 20.5. The maximum atomic E-state index is 2.26. The molecular formula is C12H12. The monoisotopic (exact) mass is 156 g/mol. The van der Waals surface area contributed by atoms with E-state index in [2.05, 4.69) is 54.7 Å². The van der Waals surface area contributed by atoms with Crippen LogP contribution in [0.25, 0.3) is 0 Å². The molecule has 12 heavy (non-hydrogen) atoms. The Hall–Kier alpha value is -1.30. The summed E-state index contributed by atoms with van der Waals surface area (Å²) in [5.74, 6) is 0.594. The van der Waals surface area contributed by atoms with Crippen LogP contribution in [-0.2, 0) is 0 Å². The predicted molar refractivity (Wildman–Crippen MR) is 52.8 cm³/mol. The van der Waals surface area contributed by atoms with Crippen LogP contribution in [0.3, 0.4) is 0 Å². The molecule has 0 aromatic heterocycles. The largest absolute Gasteiger partial charge is 0.0836 e. The summed E-state index contributed by atoms with van der Waals surface area (Å²) < 4.78 is 0. The molecule has 0 saturated heterocycles. The molecule has 60 valence electrons. The zero-order valence-electron chi connectivity index (χ0n) is 6.98. The highest BCUT2D eigenvalue weighted by molar-refractivity contribution is 5.36. The van der Waals surface area contributed by atoms with Gasteiger partial charge in [-0.1, -0.05) is 54.7 Å². The molecule has 1 unspecified atom stereocenters. The van der Waals surface area contributed by atoms with Crippen molar-refractivity contribution in [2.24, 2.45) is 5.92 Å². The van der Waals surface area contributed by atoms with Crippen LogP contribution in [-0.4, -0.2) is 0 Å². The molecule has 0 aromatic rings. The molecule has 0 spiro atoms. The average Bonchev–Trinajstić information content (AvgIpc) is 2.06. The summed E-state index contributed by atoms with van der Waals surface area (Å²) in [6, 6.07) is 0. The van der Waals surface area contributed by atoms with Gasteiger partial charge in [-0.15, -0.1) is 0 Å². The highest BCUT2D eigenvalue weighted by Crippen LogP contribution is 2.23. The van der Waals surface area contributed by atoms with Crippen LogP contribution in [0.2, 0.25) is 0 Å². The minimum atomic E-state index is 0.594. The molecule has 0 heterocycles. The van der Waals surface area contributed by atoms with Crippen LogP contribution in [0.4, 0.5) is 0 Å². The van der Waals surface area contributed by atoms with Gasteiger partial charge in [-0.05, 0) is 12.0 Å². The fourth-order valence-electron chi connectivity index (χ4n) is 1.53. The molecule has 0 radical (unpaired) electrons. The van der Waals surface area contributed by atoms with Gasteiger partial charge >= 0.3 is 0 Å². The second kappa shape index (κ2) is 3.40. The average molecular weight is 156 g/mol. The van der Waals surface area contributed by atoms with E-state index >= 15 is 0 Å². The van der Waals surface area contributed by atoms with Crippen molar-refractivity contribution in [1.29, 1.82) is 0 Å². The van der Waals surface area contributed by atoms with E-state index in [4.69, 9.17) is 0 Å². The lowest BCUT2D eigenvalue weighted by molar-refractivity contribution is 0.784. The SMILES string of the molecule is C1=CC=CC2CC=CC=C2C=C1. The van der Waals surface area contributed by atoms with E-state index in [1.54, 1.807) is 0 Å². The van der Waals surface area contributed by atoms with Crippen LogP contribution < -0.4 is 0 Å². The minimum absolute atomic E-state index is 0.594. The first-order valence-corrected chi connectivity index (χ1v) is 4.35. The van der Waals surface area contributed by atoms with Crippen LogP contribution >= 0.6 is 0 Å². The van der Waals surface area contributed by atoms with Gasteiger partial charge in [0.1, 0.15) is 0 Å². The molecular weight excluding hydrogens is 144 g/mol. The van der Waals surface area contributed by atoms with Gasteiger partial charge in [0.05, 0.1) is 0 Å². The Morgan fingerprint density at radius 2 is 1.92 bits per heavy atom. The summed E-state index contributed by atoms with van der Waals surface area (Å²) >= 11 is 0. The molecule has 0 aromatic carbocycles.